The summed E-state index contributed by atoms with van der Waals surface area (Å²) in [5, 5.41) is 2.37. The van der Waals surface area contributed by atoms with Crippen LogP contribution in [0.2, 0.25) is 0 Å². The average molecular weight is 400 g/mol. The molecule has 1 N–H and O–H groups in total. The maximum Gasteiger partial charge on any atom is 0.260 e. The van der Waals surface area contributed by atoms with Crippen LogP contribution in [-0.4, -0.2) is 9.97 Å². The molecule has 0 unspecified atom stereocenters. The topological polar surface area (TPSA) is 45.8 Å². The predicted octanol–water partition coefficient (Wildman–Crippen LogP) is 5.36. The van der Waals surface area contributed by atoms with Gasteiger partial charge in [0.05, 0.1) is 11.1 Å². The highest BCUT2D eigenvalue weighted by Crippen LogP contribution is 2.31. The van der Waals surface area contributed by atoms with E-state index >= 15 is 0 Å². The highest BCUT2D eigenvalue weighted by molar-refractivity contribution is 7.97. The third-order valence-corrected chi connectivity index (χ3v) is 5.97. The number of H-pyrrole nitrogens is 1. The minimum absolute atomic E-state index is 0.220. The first-order chi connectivity index (χ1) is 13.1. The normalized spacial score (nSPS) is 11.2. The third-order valence-electron chi connectivity index (χ3n) is 4.10. The average Bonchev–Trinajstić information content (AvgIpc) is 3.08. The van der Waals surface area contributed by atoms with Crippen LogP contribution in [0.4, 0.5) is 8.78 Å². The molecule has 3 nitrogen and oxygen atoms in total. The summed E-state index contributed by atoms with van der Waals surface area (Å²) in [6.45, 7) is 0. The highest BCUT2D eigenvalue weighted by atomic mass is 32.2. The summed E-state index contributed by atoms with van der Waals surface area (Å²) in [6, 6.07) is 12.7. The van der Waals surface area contributed by atoms with Crippen molar-refractivity contribution in [3.8, 4) is 11.1 Å². The second-order valence-corrected chi connectivity index (χ2v) is 7.78. The first-order valence-electron chi connectivity index (χ1n) is 8.19. The van der Waals surface area contributed by atoms with E-state index in [0.29, 0.717) is 33.1 Å². The zero-order valence-electron chi connectivity index (χ0n) is 14.0. The zero-order chi connectivity index (χ0) is 18.8. The van der Waals surface area contributed by atoms with Gasteiger partial charge >= 0.3 is 0 Å². The first kappa shape index (κ1) is 17.9. The Morgan fingerprint density at radius 1 is 1.04 bits per heavy atom. The van der Waals surface area contributed by atoms with Crippen molar-refractivity contribution in [2.75, 3.05) is 0 Å². The number of nitrogens with zero attached hydrogens (tertiary/aromatic N) is 1. The zero-order valence-corrected chi connectivity index (χ0v) is 15.7. The molecule has 4 aromatic rings. The largest absolute Gasteiger partial charge is 0.309 e. The van der Waals surface area contributed by atoms with Gasteiger partial charge < -0.3 is 4.98 Å². The molecule has 7 heteroatoms. The van der Waals surface area contributed by atoms with E-state index in [4.69, 9.17) is 0 Å². The van der Waals surface area contributed by atoms with Crippen LogP contribution >= 0.6 is 23.1 Å². The molecule has 0 aliphatic rings. The van der Waals surface area contributed by atoms with Crippen LogP contribution in [0.3, 0.4) is 0 Å². The number of fused-ring (bicyclic) bond motifs is 1. The summed E-state index contributed by atoms with van der Waals surface area (Å²) in [6.07, 6.45) is 0. The van der Waals surface area contributed by atoms with Crippen LogP contribution < -0.4 is 5.56 Å². The minimum Gasteiger partial charge on any atom is -0.309 e. The van der Waals surface area contributed by atoms with E-state index in [9.17, 15) is 13.6 Å². The van der Waals surface area contributed by atoms with Crippen molar-refractivity contribution in [1.29, 1.82) is 0 Å². The number of benzene rings is 2. The monoisotopic (exact) mass is 400 g/mol. The van der Waals surface area contributed by atoms with Crippen molar-refractivity contribution < 1.29 is 8.78 Å². The molecule has 4 rings (SSSR count). The highest BCUT2D eigenvalue weighted by Gasteiger charge is 2.13. The summed E-state index contributed by atoms with van der Waals surface area (Å²) in [5.74, 6) is 0.980. The van der Waals surface area contributed by atoms with Gasteiger partial charge in [0, 0.05) is 16.7 Å². The Bertz CT molecular complexity index is 1150. The molecule has 0 fully saturated rings. The standard InChI is InChI=1S/C20H14F2N2OS2/c21-14-7-5-12(6-8-14)15-10-27-20-18(15)19(25)23-17(24-20)11-26-9-13-3-1-2-4-16(13)22/h1-8,10H,9,11H2,(H,23,24,25). The fourth-order valence-corrected chi connectivity index (χ4v) is 4.63. The van der Waals surface area contributed by atoms with Crippen molar-refractivity contribution in [2.45, 2.75) is 11.5 Å². The second-order valence-electron chi connectivity index (χ2n) is 5.93. The van der Waals surface area contributed by atoms with Crippen LogP contribution in [0.1, 0.15) is 11.4 Å². The number of rotatable bonds is 5. The molecule has 2 aromatic heterocycles. The van der Waals surface area contributed by atoms with Crippen molar-refractivity contribution in [3.05, 3.63) is 87.3 Å². The number of aromatic amines is 1. The third kappa shape index (κ3) is 3.79. The van der Waals surface area contributed by atoms with Crippen LogP contribution in [0.5, 0.6) is 0 Å². The van der Waals surface area contributed by atoms with E-state index in [2.05, 4.69) is 9.97 Å². The lowest BCUT2D eigenvalue weighted by molar-refractivity contribution is 0.617. The van der Waals surface area contributed by atoms with E-state index in [1.54, 1.807) is 30.3 Å². The van der Waals surface area contributed by atoms with Gasteiger partial charge in [-0.2, -0.15) is 0 Å². The van der Waals surface area contributed by atoms with Gasteiger partial charge in [-0.3, -0.25) is 4.79 Å². The van der Waals surface area contributed by atoms with Gasteiger partial charge in [-0.25, -0.2) is 13.8 Å². The van der Waals surface area contributed by atoms with Gasteiger partial charge in [-0.15, -0.1) is 23.1 Å². The van der Waals surface area contributed by atoms with E-state index in [0.717, 1.165) is 11.1 Å². The molecule has 0 radical (unpaired) electrons. The summed E-state index contributed by atoms with van der Waals surface area (Å²) in [5.41, 5.74) is 1.92. The molecular weight excluding hydrogens is 386 g/mol. The van der Waals surface area contributed by atoms with E-state index in [1.165, 1.54) is 41.3 Å². The number of aromatic nitrogens is 2. The fraction of sp³-hybridized carbons (Fsp3) is 0.100. The Labute approximate surface area is 162 Å². The number of nitrogens with one attached hydrogen (secondary N) is 1. The Kier molecular flexibility index (Phi) is 5.05. The maximum absolute atomic E-state index is 13.7. The van der Waals surface area contributed by atoms with Crippen LogP contribution in [-0.2, 0) is 11.5 Å². The lowest BCUT2D eigenvalue weighted by atomic mass is 10.1. The summed E-state index contributed by atoms with van der Waals surface area (Å²) < 4.78 is 26.8. The van der Waals surface area contributed by atoms with Crippen molar-refractivity contribution in [2.24, 2.45) is 0 Å². The summed E-state index contributed by atoms with van der Waals surface area (Å²) in [4.78, 5) is 20.6. The summed E-state index contributed by atoms with van der Waals surface area (Å²) in [7, 11) is 0. The van der Waals surface area contributed by atoms with Gasteiger partial charge in [0.25, 0.3) is 5.56 Å². The molecule has 27 heavy (non-hydrogen) atoms. The van der Waals surface area contributed by atoms with Gasteiger partial charge in [0.1, 0.15) is 22.3 Å². The smallest absolute Gasteiger partial charge is 0.260 e. The number of hydrogen-bond acceptors (Lipinski definition) is 4. The number of thiophene rings is 1. The van der Waals surface area contributed by atoms with Crippen molar-refractivity contribution in [3.63, 3.8) is 0 Å². The van der Waals surface area contributed by atoms with Gasteiger partial charge in [-0.05, 0) is 29.3 Å². The summed E-state index contributed by atoms with van der Waals surface area (Å²) >= 11 is 2.87. The van der Waals surface area contributed by atoms with E-state index < -0.39 is 0 Å². The van der Waals surface area contributed by atoms with E-state index in [1.807, 2.05) is 5.38 Å². The van der Waals surface area contributed by atoms with Crippen molar-refractivity contribution in [1.82, 2.24) is 9.97 Å². The molecule has 136 valence electrons. The molecule has 0 atom stereocenters. The molecule has 0 saturated heterocycles. The molecule has 0 bridgehead atoms. The quantitative estimate of drug-likeness (QED) is 0.490. The molecule has 0 spiro atoms. The fourth-order valence-electron chi connectivity index (χ4n) is 2.78. The molecule has 2 heterocycles. The van der Waals surface area contributed by atoms with Crippen LogP contribution in [0, 0.1) is 11.6 Å². The molecule has 2 aromatic carbocycles. The predicted molar refractivity (Wildman–Crippen MR) is 107 cm³/mol. The lowest BCUT2D eigenvalue weighted by Crippen LogP contribution is -2.10. The SMILES string of the molecule is O=c1[nH]c(CSCc2ccccc2F)nc2scc(-c3ccc(F)cc3)c12. The van der Waals surface area contributed by atoms with Gasteiger partial charge in [0.15, 0.2) is 0 Å². The van der Waals surface area contributed by atoms with Crippen molar-refractivity contribution >= 4 is 33.3 Å². The Balaban J connectivity index is 1.57. The minimum atomic E-state index is -0.320. The maximum atomic E-state index is 13.7. The first-order valence-corrected chi connectivity index (χ1v) is 10.2. The second kappa shape index (κ2) is 7.62. The molecular formula is C20H14F2N2OS2. The van der Waals surface area contributed by atoms with Gasteiger partial charge in [0.2, 0.25) is 0 Å². The number of halogens is 2. The van der Waals surface area contributed by atoms with E-state index in [-0.39, 0.29) is 17.2 Å². The Hall–Kier alpha value is -2.51. The molecule has 0 amide bonds. The number of thioether (sulfide) groups is 1. The Morgan fingerprint density at radius 3 is 2.59 bits per heavy atom. The molecule has 0 aliphatic heterocycles. The molecule has 0 aliphatic carbocycles. The lowest BCUT2D eigenvalue weighted by Gasteiger charge is -2.04. The molecule has 0 saturated carbocycles. The van der Waals surface area contributed by atoms with Crippen LogP contribution in [0.15, 0.2) is 58.7 Å². The van der Waals surface area contributed by atoms with Gasteiger partial charge in [-0.1, -0.05) is 30.3 Å². The van der Waals surface area contributed by atoms with Crippen LogP contribution in [0.25, 0.3) is 21.3 Å². The Morgan fingerprint density at radius 2 is 1.81 bits per heavy atom. The number of hydrogen-bond donors (Lipinski definition) is 1.